The minimum absolute atomic E-state index is 0.00989. The van der Waals surface area contributed by atoms with Gasteiger partial charge in [-0.3, -0.25) is 9.97 Å². The first kappa shape index (κ1) is 18.8. The molecule has 1 rings (SSSR count). The van der Waals surface area contributed by atoms with E-state index in [-0.39, 0.29) is 18.7 Å². The molecule has 1 heterocycles. The van der Waals surface area contributed by atoms with E-state index in [4.69, 9.17) is 9.84 Å². The molecule has 1 aromatic heterocycles. The van der Waals surface area contributed by atoms with E-state index >= 15 is 0 Å². The number of ether oxygens (including phenoxy) is 1. The lowest BCUT2D eigenvalue weighted by molar-refractivity contribution is -0.0790. The summed E-state index contributed by atoms with van der Waals surface area (Å²) in [6.45, 7) is -0.718. The van der Waals surface area contributed by atoms with Gasteiger partial charge in [0.05, 0.1) is 36.9 Å². The highest BCUT2D eigenvalue weighted by Gasteiger charge is 2.27. The average molecular weight is 318 g/mol. The fourth-order valence-corrected chi connectivity index (χ4v) is 1.75. The van der Waals surface area contributed by atoms with Crippen LogP contribution in [0.1, 0.15) is 17.5 Å². The third-order valence-corrected chi connectivity index (χ3v) is 3.13. The summed E-state index contributed by atoms with van der Waals surface area (Å²) >= 11 is 0. The van der Waals surface area contributed by atoms with Gasteiger partial charge >= 0.3 is 0 Å². The van der Waals surface area contributed by atoms with Gasteiger partial charge in [-0.1, -0.05) is 0 Å². The van der Waals surface area contributed by atoms with Crippen molar-refractivity contribution in [3.8, 4) is 0 Å². The number of hydrogen-bond donors (Lipinski definition) is 6. The van der Waals surface area contributed by atoms with Gasteiger partial charge in [-0.15, -0.1) is 0 Å². The van der Waals surface area contributed by atoms with Gasteiger partial charge < -0.3 is 35.4 Å². The highest BCUT2D eigenvalue weighted by Crippen LogP contribution is 2.16. The van der Waals surface area contributed by atoms with Crippen LogP contribution < -0.4 is 0 Å². The highest BCUT2D eigenvalue weighted by molar-refractivity contribution is 5.08. The van der Waals surface area contributed by atoms with Crippen LogP contribution in [-0.4, -0.2) is 85.3 Å². The van der Waals surface area contributed by atoms with Crippen LogP contribution in [0.2, 0.25) is 0 Å². The number of hydrogen-bond acceptors (Lipinski definition) is 9. The highest BCUT2D eigenvalue weighted by atomic mass is 16.5. The molecule has 0 aliphatic rings. The van der Waals surface area contributed by atoms with Crippen LogP contribution >= 0.6 is 0 Å². The van der Waals surface area contributed by atoms with Gasteiger partial charge in [0.15, 0.2) is 0 Å². The molecular formula is C13H22N2O7. The number of aliphatic hydroxyl groups is 6. The molecule has 0 amide bonds. The number of methoxy groups -OCH3 is 1. The minimum Gasteiger partial charge on any atom is -0.394 e. The molecule has 9 heteroatoms. The van der Waals surface area contributed by atoms with Crippen LogP contribution in [0.4, 0.5) is 0 Å². The van der Waals surface area contributed by atoms with Gasteiger partial charge in [-0.25, -0.2) is 0 Å². The summed E-state index contributed by atoms with van der Waals surface area (Å²) in [6.07, 6.45) is -4.24. The van der Waals surface area contributed by atoms with Crippen molar-refractivity contribution in [3.05, 3.63) is 23.8 Å². The molecular weight excluding hydrogens is 296 g/mol. The first-order chi connectivity index (χ1) is 10.4. The maximum Gasteiger partial charge on any atom is 0.126 e. The van der Waals surface area contributed by atoms with Crippen molar-refractivity contribution in [3.63, 3.8) is 0 Å². The Morgan fingerprint density at radius 1 is 1.00 bits per heavy atom. The lowest BCUT2D eigenvalue weighted by atomic mass is 10.1. The molecule has 0 spiro atoms. The molecule has 126 valence electrons. The Morgan fingerprint density at radius 3 is 2.18 bits per heavy atom. The fraction of sp³-hybridized carbons (Fsp3) is 0.692. The average Bonchev–Trinajstić information content (AvgIpc) is 2.53. The summed E-state index contributed by atoms with van der Waals surface area (Å²) in [5.41, 5.74) is 0.381. The molecule has 5 atom stereocenters. The largest absolute Gasteiger partial charge is 0.394 e. The van der Waals surface area contributed by atoms with Crippen molar-refractivity contribution < 1.29 is 35.4 Å². The van der Waals surface area contributed by atoms with Crippen LogP contribution in [0.15, 0.2) is 12.4 Å². The standard InChI is InChI=1S/C13H22N2O7/c1-22-6-11(19)9(17)2-7-3-15-8(4-14-7)12(20)13(21)10(18)5-16/h3-4,9-13,16-21H,2,5-6H2,1H3. The van der Waals surface area contributed by atoms with Gasteiger partial charge in [-0.2, -0.15) is 0 Å². The molecule has 0 bridgehead atoms. The fourth-order valence-electron chi connectivity index (χ4n) is 1.75. The second-order valence-electron chi connectivity index (χ2n) is 4.91. The van der Waals surface area contributed by atoms with Gasteiger partial charge in [0, 0.05) is 19.7 Å². The summed E-state index contributed by atoms with van der Waals surface area (Å²) in [6, 6.07) is 0. The Hall–Kier alpha value is -1.20. The zero-order valence-electron chi connectivity index (χ0n) is 12.1. The SMILES string of the molecule is COCC(O)C(O)Cc1cnc(C(O)C(O)C(O)CO)cn1. The molecule has 0 saturated carbocycles. The Labute approximate surface area is 127 Å². The van der Waals surface area contributed by atoms with E-state index in [1.54, 1.807) is 0 Å². The van der Waals surface area contributed by atoms with E-state index in [1.807, 2.05) is 0 Å². The smallest absolute Gasteiger partial charge is 0.126 e. The summed E-state index contributed by atoms with van der Waals surface area (Å²) < 4.78 is 4.72. The van der Waals surface area contributed by atoms with E-state index in [0.717, 1.165) is 0 Å². The van der Waals surface area contributed by atoms with E-state index in [2.05, 4.69) is 9.97 Å². The molecule has 0 saturated heterocycles. The number of aliphatic hydroxyl groups excluding tert-OH is 6. The van der Waals surface area contributed by atoms with Gasteiger partial charge in [0.1, 0.15) is 24.4 Å². The molecule has 1 aromatic rings. The topological polar surface area (TPSA) is 156 Å². The Balaban J connectivity index is 2.66. The summed E-state index contributed by atoms with van der Waals surface area (Å²) in [7, 11) is 1.40. The van der Waals surface area contributed by atoms with Gasteiger partial charge in [0.25, 0.3) is 0 Å². The molecule has 6 N–H and O–H groups in total. The normalized spacial score (nSPS) is 18.5. The zero-order chi connectivity index (χ0) is 16.7. The molecule has 22 heavy (non-hydrogen) atoms. The Bertz CT molecular complexity index is 431. The Morgan fingerprint density at radius 2 is 1.68 bits per heavy atom. The van der Waals surface area contributed by atoms with Crippen molar-refractivity contribution in [2.45, 2.75) is 36.9 Å². The van der Waals surface area contributed by atoms with Crippen molar-refractivity contribution in [2.75, 3.05) is 20.3 Å². The predicted octanol–water partition coefficient (Wildman–Crippen LogP) is -2.87. The first-order valence-corrected chi connectivity index (χ1v) is 6.71. The zero-order valence-corrected chi connectivity index (χ0v) is 12.1. The van der Waals surface area contributed by atoms with E-state index in [9.17, 15) is 25.5 Å². The van der Waals surface area contributed by atoms with Crippen molar-refractivity contribution in [1.82, 2.24) is 9.97 Å². The summed E-state index contributed by atoms with van der Waals surface area (Å²) in [5.74, 6) is 0. The van der Waals surface area contributed by atoms with E-state index in [0.29, 0.717) is 5.69 Å². The third kappa shape index (κ3) is 5.21. The molecule has 0 aliphatic carbocycles. The maximum atomic E-state index is 9.79. The van der Waals surface area contributed by atoms with Crippen LogP contribution in [0, 0.1) is 0 Å². The second-order valence-corrected chi connectivity index (χ2v) is 4.91. The quantitative estimate of drug-likeness (QED) is 0.282. The molecule has 0 aromatic carbocycles. The second kappa shape index (κ2) is 9.06. The molecule has 5 unspecified atom stereocenters. The molecule has 0 aliphatic heterocycles. The van der Waals surface area contributed by atoms with Crippen molar-refractivity contribution in [2.24, 2.45) is 0 Å². The first-order valence-electron chi connectivity index (χ1n) is 6.71. The lowest BCUT2D eigenvalue weighted by Crippen LogP contribution is -2.35. The predicted molar refractivity (Wildman–Crippen MR) is 73.7 cm³/mol. The summed E-state index contributed by atoms with van der Waals surface area (Å²) in [4.78, 5) is 7.85. The number of nitrogens with zero attached hydrogens (tertiary/aromatic N) is 2. The van der Waals surface area contributed by atoms with E-state index < -0.39 is 37.1 Å². The van der Waals surface area contributed by atoms with Crippen molar-refractivity contribution in [1.29, 1.82) is 0 Å². The minimum atomic E-state index is -1.60. The monoisotopic (exact) mass is 318 g/mol. The third-order valence-electron chi connectivity index (χ3n) is 3.13. The van der Waals surface area contributed by atoms with E-state index in [1.165, 1.54) is 19.5 Å². The number of aromatic nitrogens is 2. The lowest BCUT2D eigenvalue weighted by Gasteiger charge is -2.21. The Kier molecular flexibility index (Phi) is 7.76. The van der Waals surface area contributed by atoms with Crippen LogP contribution in [0.5, 0.6) is 0 Å². The van der Waals surface area contributed by atoms with Crippen LogP contribution in [0.3, 0.4) is 0 Å². The number of rotatable bonds is 9. The molecule has 0 radical (unpaired) electrons. The molecule has 0 fully saturated rings. The molecule has 9 nitrogen and oxygen atoms in total. The summed E-state index contributed by atoms with van der Waals surface area (Å²) in [5, 5.41) is 56.6. The van der Waals surface area contributed by atoms with Crippen LogP contribution in [0.25, 0.3) is 0 Å². The van der Waals surface area contributed by atoms with Gasteiger partial charge in [-0.05, 0) is 0 Å². The van der Waals surface area contributed by atoms with Crippen molar-refractivity contribution >= 4 is 0 Å². The maximum absolute atomic E-state index is 9.79. The van der Waals surface area contributed by atoms with Crippen LogP contribution in [-0.2, 0) is 11.2 Å². The van der Waals surface area contributed by atoms with Gasteiger partial charge in [0.2, 0.25) is 0 Å².